The van der Waals surface area contributed by atoms with Crippen molar-refractivity contribution >= 4 is 15.7 Å². The van der Waals surface area contributed by atoms with Crippen LogP contribution in [-0.4, -0.2) is 35.3 Å². The minimum Gasteiger partial charge on any atom is -0.336 e. The molecule has 0 saturated heterocycles. The van der Waals surface area contributed by atoms with Crippen molar-refractivity contribution in [1.82, 2.24) is 14.5 Å². The van der Waals surface area contributed by atoms with Gasteiger partial charge in [0.05, 0.1) is 37.2 Å². The number of rotatable bonds is 11. The first-order chi connectivity index (χ1) is 18.4. The number of imidazole rings is 1. The largest absolute Gasteiger partial charge is 0.336 e. The van der Waals surface area contributed by atoms with Crippen LogP contribution >= 0.6 is 0 Å². The lowest BCUT2D eigenvalue weighted by molar-refractivity contribution is -0.131. The summed E-state index contributed by atoms with van der Waals surface area (Å²) in [7, 11) is -3.97. The maximum Gasteiger partial charge on any atom is 0.228 e. The highest BCUT2D eigenvalue weighted by Crippen LogP contribution is 2.31. The third-order valence-corrected chi connectivity index (χ3v) is 8.32. The summed E-state index contributed by atoms with van der Waals surface area (Å²) in [6.45, 7) is 1.14. The van der Waals surface area contributed by atoms with Gasteiger partial charge < -0.3 is 9.47 Å². The summed E-state index contributed by atoms with van der Waals surface area (Å²) < 4.78 is 43.0. The number of carbonyl (C=O) groups is 1. The highest BCUT2D eigenvalue weighted by Gasteiger charge is 2.30. The SMILES string of the molecule is O=C(Cc1ccccc1)N(Cc1cnc(S(=O)(=O)Cc2ccccc2F)n1Cc1ccccc1)CC1CC1. The standard InChI is InChI=1S/C30H30FN3O3S/c31-28-14-8-7-13-26(28)22-38(36,37)30-32-18-27(34(30)20-24-11-5-2-6-12-24)21-33(19-25-15-16-25)29(35)17-23-9-3-1-4-10-23/h1-14,18,25H,15-17,19-22H2. The van der Waals surface area contributed by atoms with Gasteiger partial charge in [0.2, 0.25) is 20.9 Å². The second-order valence-corrected chi connectivity index (χ2v) is 11.7. The summed E-state index contributed by atoms with van der Waals surface area (Å²) in [6, 6.07) is 25.0. The molecule has 6 nitrogen and oxygen atoms in total. The quantitative estimate of drug-likeness (QED) is 0.272. The first kappa shape index (κ1) is 25.9. The molecule has 38 heavy (non-hydrogen) atoms. The molecule has 0 atom stereocenters. The topological polar surface area (TPSA) is 72.3 Å². The number of benzene rings is 3. The number of halogens is 1. The number of amides is 1. The molecule has 1 amide bonds. The fraction of sp³-hybridized carbons (Fsp3) is 0.267. The smallest absolute Gasteiger partial charge is 0.228 e. The Morgan fingerprint density at radius 3 is 2.21 bits per heavy atom. The van der Waals surface area contributed by atoms with Gasteiger partial charge in [-0.3, -0.25) is 4.79 Å². The van der Waals surface area contributed by atoms with Crippen LogP contribution in [0.25, 0.3) is 0 Å². The van der Waals surface area contributed by atoms with Crippen LogP contribution in [0.2, 0.25) is 0 Å². The van der Waals surface area contributed by atoms with E-state index < -0.39 is 21.4 Å². The van der Waals surface area contributed by atoms with Crippen LogP contribution in [0, 0.1) is 11.7 Å². The summed E-state index contributed by atoms with van der Waals surface area (Å²) in [5.41, 5.74) is 2.56. The fourth-order valence-corrected chi connectivity index (χ4v) is 6.03. The molecule has 0 N–H and O–H groups in total. The van der Waals surface area contributed by atoms with E-state index in [9.17, 15) is 17.6 Å². The zero-order chi connectivity index (χ0) is 26.5. The van der Waals surface area contributed by atoms with Gasteiger partial charge in [-0.25, -0.2) is 17.8 Å². The number of carbonyl (C=O) groups excluding carboxylic acids is 1. The molecule has 1 saturated carbocycles. The van der Waals surface area contributed by atoms with Crippen LogP contribution in [0.4, 0.5) is 4.39 Å². The van der Waals surface area contributed by atoms with Gasteiger partial charge in [-0.05, 0) is 36.0 Å². The number of aromatic nitrogens is 2. The highest BCUT2D eigenvalue weighted by atomic mass is 32.2. The van der Waals surface area contributed by atoms with Crippen molar-refractivity contribution in [2.75, 3.05) is 6.54 Å². The third kappa shape index (κ3) is 6.37. The highest BCUT2D eigenvalue weighted by molar-refractivity contribution is 7.90. The van der Waals surface area contributed by atoms with Gasteiger partial charge in [0.25, 0.3) is 0 Å². The van der Waals surface area contributed by atoms with E-state index in [-0.39, 0.29) is 36.1 Å². The van der Waals surface area contributed by atoms with Crippen LogP contribution in [-0.2, 0) is 39.9 Å². The lowest BCUT2D eigenvalue weighted by Gasteiger charge is -2.24. The molecule has 0 radical (unpaired) electrons. The van der Waals surface area contributed by atoms with Gasteiger partial charge in [-0.1, -0.05) is 78.9 Å². The monoisotopic (exact) mass is 531 g/mol. The van der Waals surface area contributed by atoms with Crippen LogP contribution in [0.5, 0.6) is 0 Å². The Bertz CT molecular complexity index is 1500. The van der Waals surface area contributed by atoms with Gasteiger partial charge in [-0.15, -0.1) is 0 Å². The van der Waals surface area contributed by atoms with Crippen molar-refractivity contribution in [3.63, 3.8) is 0 Å². The maximum absolute atomic E-state index is 14.3. The summed E-state index contributed by atoms with van der Waals surface area (Å²) >= 11 is 0. The van der Waals surface area contributed by atoms with E-state index in [2.05, 4.69) is 4.98 Å². The Labute approximate surface area is 222 Å². The average molecular weight is 532 g/mol. The van der Waals surface area contributed by atoms with E-state index in [1.54, 1.807) is 10.6 Å². The van der Waals surface area contributed by atoms with E-state index in [4.69, 9.17) is 0 Å². The molecule has 1 aromatic heterocycles. The Kier molecular flexibility index (Phi) is 7.69. The van der Waals surface area contributed by atoms with Crippen molar-refractivity contribution in [2.45, 2.75) is 43.3 Å². The molecule has 3 aromatic carbocycles. The minimum absolute atomic E-state index is 0.00803. The molecule has 1 aliphatic carbocycles. The van der Waals surface area contributed by atoms with Gasteiger partial charge in [0.1, 0.15) is 5.82 Å². The van der Waals surface area contributed by atoms with E-state index in [0.717, 1.165) is 24.0 Å². The van der Waals surface area contributed by atoms with E-state index >= 15 is 0 Å². The van der Waals surface area contributed by atoms with Crippen LogP contribution in [0.15, 0.2) is 96.3 Å². The van der Waals surface area contributed by atoms with Crippen molar-refractivity contribution in [3.8, 4) is 0 Å². The molecule has 8 heteroatoms. The normalized spacial score (nSPS) is 13.4. The Morgan fingerprint density at radius 2 is 1.55 bits per heavy atom. The van der Waals surface area contributed by atoms with Gasteiger partial charge in [0.15, 0.2) is 0 Å². The minimum atomic E-state index is -3.97. The first-order valence-corrected chi connectivity index (χ1v) is 14.4. The molecule has 1 aliphatic rings. The Hall–Kier alpha value is -3.78. The van der Waals surface area contributed by atoms with Crippen LogP contribution in [0.3, 0.4) is 0 Å². The van der Waals surface area contributed by atoms with Gasteiger partial charge >= 0.3 is 0 Å². The summed E-state index contributed by atoms with van der Waals surface area (Å²) in [5, 5.41) is -0.124. The van der Waals surface area contributed by atoms with Crippen LogP contribution < -0.4 is 0 Å². The first-order valence-electron chi connectivity index (χ1n) is 12.8. The lowest BCUT2D eigenvalue weighted by atomic mass is 10.1. The molecule has 196 valence electrons. The van der Waals surface area contributed by atoms with Gasteiger partial charge in [-0.2, -0.15) is 0 Å². The number of nitrogens with zero attached hydrogens (tertiary/aromatic N) is 3. The zero-order valence-electron chi connectivity index (χ0n) is 21.0. The molecule has 5 rings (SSSR count). The molecule has 1 fully saturated rings. The fourth-order valence-electron chi connectivity index (χ4n) is 4.53. The molecule has 0 spiro atoms. The molecular weight excluding hydrogens is 501 g/mol. The number of hydrogen-bond acceptors (Lipinski definition) is 4. The Morgan fingerprint density at radius 1 is 0.921 bits per heavy atom. The Balaban J connectivity index is 1.47. The second kappa shape index (κ2) is 11.3. The zero-order valence-corrected chi connectivity index (χ0v) is 21.9. The lowest BCUT2D eigenvalue weighted by Crippen LogP contribution is -2.34. The predicted octanol–water partition coefficient (Wildman–Crippen LogP) is 5.03. The van der Waals surface area contributed by atoms with E-state index in [1.807, 2.05) is 65.6 Å². The molecule has 0 unspecified atom stereocenters. The maximum atomic E-state index is 14.3. The summed E-state index contributed by atoms with van der Waals surface area (Å²) in [5.74, 6) is -0.612. The predicted molar refractivity (Wildman–Crippen MR) is 143 cm³/mol. The molecule has 0 aliphatic heterocycles. The average Bonchev–Trinajstić information content (AvgIpc) is 3.65. The number of sulfone groups is 1. The van der Waals surface area contributed by atoms with Crippen molar-refractivity contribution in [2.24, 2.45) is 5.92 Å². The number of hydrogen-bond donors (Lipinski definition) is 0. The van der Waals surface area contributed by atoms with Gasteiger partial charge in [0, 0.05) is 12.1 Å². The molecular formula is C30H30FN3O3S. The molecule has 1 heterocycles. The van der Waals surface area contributed by atoms with Crippen LogP contribution in [0.1, 0.15) is 35.2 Å². The van der Waals surface area contributed by atoms with E-state index in [0.29, 0.717) is 18.2 Å². The van der Waals surface area contributed by atoms with Crippen molar-refractivity contribution in [1.29, 1.82) is 0 Å². The molecule has 4 aromatic rings. The third-order valence-electron chi connectivity index (χ3n) is 6.75. The van der Waals surface area contributed by atoms with Crippen molar-refractivity contribution < 1.29 is 17.6 Å². The summed E-state index contributed by atoms with van der Waals surface area (Å²) in [4.78, 5) is 19.5. The summed E-state index contributed by atoms with van der Waals surface area (Å²) in [6.07, 6.45) is 3.98. The molecule has 0 bridgehead atoms. The second-order valence-electron chi connectivity index (χ2n) is 9.83. The van der Waals surface area contributed by atoms with E-state index in [1.165, 1.54) is 24.4 Å². The van der Waals surface area contributed by atoms with Crippen molar-refractivity contribution in [3.05, 3.63) is 119 Å².